The number of rotatable bonds is 7. The van der Waals surface area contributed by atoms with Gasteiger partial charge in [-0.15, -0.1) is 0 Å². The van der Waals surface area contributed by atoms with E-state index in [1.165, 1.54) is 23.5 Å². The van der Waals surface area contributed by atoms with Crippen molar-refractivity contribution >= 4 is 44.2 Å². The first-order chi connectivity index (χ1) is 18.6. The molecule has 1 aliphatic carbocycles. The lowest BCUT2D eigenvalue weighted by molar-refractivity contribution is -0.137. The molecule has 198 valence electrons. The Morgan fingerprint density at radius 3 is 2.64 bits per heavy atom. The summed E-state index contributed by atoms with van der Waals surface area (Å²) in [7, 11) is 0. The van der Waals surface area contributed by atoms with E-state index in [4.69, 9.17) is 4.74 Å². The van der Waals surface area contributed by atoms with E-state index in [2.05, 4.69) is 21.7 Å². The van der Waals surface area contributed by atoms with Crippen LogP contribution in [0.3, 0.4) is 0 Å². The fraction of sp³-hybridized carbons (Fsp3) is 0.214. The maximum atomic E-state index is 13.0. The maximum absolute atomic E-state index is 13.0. The fourth-order valence-electron chi connectivity index (χ4n) is 3.93. The van der Waals surface area contributed by atoms with E-state index >= 15 is 0 Å². The molecule has 0 bridgehead atoms. The van der Waals surface area contributed by atoms with Gasteiger partial charge in [0.25, 0.3) is 0 Å². The van der Waals surface area contributed by atoms with Crippen molar-refractivity contribution in [1.29, 1.82) is 5.26 Å². The van der Waals surface area contributed by atoms with Crippen LogP contribution in [-0.2, 0) is 22.2 Å². The molecule has 4 aromatic rings. The molecule has 1 aromatic heterocycles. The van der Waals surface area contributed by atoms with Gasteiger partial charge in [-0.25, -0.2) is 4.98 Å². The Bertz CT molecular complexity index is 1640. The van der Waals surface area contributed by atoms with Crippen molar-refractivity contribution in [2.45, 2.75) is 32.4 Å². The lowest BCUT2D eigenvalue weighted by atomic mass is 10.1. The van der Waals surface area contributed by atoms with Gasteiger partial charge in [-0.3, -0.25) is 9.59 Å². The second-order valence-corrected chi connectivity index (χ2v) is 10.2. The average Bonchev–Trinajstić information content (AvgIpc) is 3.66. The highest BCUT2D eigenvalue weighted by molar-refractivity contribution is 7.22. The summed E-state index contributed by atoms with van der Waals surface area (Å²) in [4.78, 5) is 29.1. The number of ether oxygens (including phenoxy) is 1. The highest BCUT2D eigenvalue weighted by Gasteiger charge is 2.31. The minimum atomic E-state index is -4.49. The number of aromatic nitrogens is 1. The summed E-state index contributed by atoms with van der Waals surface area (Å²) in [6, 6.07) is 15.1. The van der Waals surface area contributed by atoms with Crippen LogP contribution in [-0.4, -0.2) is 16.8 Å². The molecule has 1 heterocycles. The van der Waals surface area contributed by atoms with Gasteiger partial charge in [-0.05, 0) is 55.2 Å². The predicted octanol–water partition coefficient (Wildman–Crippen LogP) is 6.82. The number of nitriles is 1. The van der Waals surface area contributed by atoms with Crippen LogP contribution in [0.4, 0.5) is 24.0 Å². The van der Waals surface area contributed by atoms with Gasteiger partial charge in [0, 0.05) is 17.7 Å². The molecule has 1 fully saturated rings. The van der Waals surface area contributed by atoms with Gasteiger partial charge < -0.3 is 15.4 Å². The molecule has 1 aliphatic rings. The minimum absolute atomic E-state index is 0.0209. The minimum Gasteiger partial charge on any atom is -0.456 e. The van der Waals surface area contributed by atoms with E-state index in [-0.39, 0.29) is 35.1 Å². The number of thiazole rings is 1. The molecule has 1 saturated carbocycles. The molecule has 0 spiro atoms. The number of carbonyl (C=O) groups is 2. The number of aryl methyl sites for hydroxylation is 1. The van der Waals surface area contributed by atoms with Crippen LogP contribution in [0.25, 0.3) is 10.2 Å². The molecule has 11 heteroatoms. The number of hydrogen-bond donors (Lipinski definition) is 2. The molecule has 2 N–H and O–H groups in total. The van der Waals surface area contributed by atoms with Crippen LogP contribution >= 0.6 is 11.3 Å². The van der Waals surface area contributed by atoms with Gasteiger partial charge >= 0.3 is 6.18 Å². The van der Waals surface area contributed by atoms with E-state index < -0.39 is 17.6 Å². The van der Waals surface area contributed by atoms with Gasteiger partial charge in [0.1, 0.15) is 23.1 Å². The van der Waals surface area contributed by atoms with E-state index in [0.717, 1.165) is 25.0 Å². The summed E-state index contributed by atoms with van der Waals surface area (Å²) in [6.07, 6.45) is -3.01. The van der Waals surface area contributed by atoms with Crippen molar-refractivity contribution in [1.82, 2.24) is 4.98 Å². The third-order valence-electron chi connectivity index (χ3n) is 6.14. The maximum Gasteiger partial charge on any atom is 0.416 e. The molecule has 39 heavy (non-hydrogen) atoms. The van der Waals surface area contributed by atoms with Gasteiger partial charge in [0.2, 0.25) is 11.8 Å². The van der Waals surface area contributed by atoms with Gasteiger partial charge in [0.05, 0.1) is 22.2 Å². The number of hydrogen-bond acceptors (Lipinski definition) is 6. The Kier molecular flexibility index (Phi) is 6.97. The van der Waals surface area contributed by atoms with Crippen LogP contribution in [0.15, 0.2) is 54.6 Å². The summed E-state index contributed by atoms with van der Waals surface area (Å²) in [5.41, 5.74) is 1.37. The average molecular weight is 551 g/mol. The quantitative estimate of drug-likeness (QED) is 0.263. The first-order valence-electron chi connectivity index (χ1n) is 12.0. The molecule has 7 nitrogen and oxygen atoms in total. The van der Waals surface area contributed by atoms with Crippen molar-refractivity contribution in [2.75, 3.05) is 10.6 Å². The molecule has 5 rings (SSSR count). The highest BCUT2D eigenvalue weighted by Crippen LogP contribution is 2.38. The van der Waals surface area contributed by atoms with E-state index in [1.807, 2.05) is 0 Å². The van der Waals surface area contributed by atoms with Crippen molar-refractivity contribution in [2.24, 2.45) is 5.92 Å². The van der Waals surface area contributed by atoms with Crippen LogP contribution in [0.5, 0.6) is 11.5 Å². The number of halogens is 3. The van der Waals surface area contributed by atoms with E-state index in [9.17, 15) is 28.0 Å². The normalized spacial score (nSPS) is 13.1. The molecular formula is C28H21F3N4O3S. The molecule has 0 radical (unpaired) electrons. The summed E-state index contributed by atoms with van der Waals surface area (Å²) < 4.78 is 45.6. The summed E-state index contributed by atoms with van der Waals surface area (Å²) in [6.45, 7) is 1.77. The number of nitrogens with zero attached hydrogens (tertiary/aromatic N) is 2. The second kappa shape index (κ2) is 10.4. The topological polar surface area (TPSA) is 104 Å². The Morgan fingerprint density at radius 1 is 1.13 bits per heavy atom. The first-order valence-corrected chi connectivity index (χ1v) is 12.8. The Labute approximate surface area is 225 Å². The summed E-state index contributed by atoms with van der Waals surface area (Å²) >= 11 is 1.19. The fourth-order valence-corrected chi connectivity index (χ4v) is 4.89. The van der Waals surface area contributed by atoms with Crippen molar-refractivity contribution in [3.63, 3.8) is 0 Å². The lowest BCUT2D eigenvalue weighted by Gasteiger charge is -2.13. The van der Waals surface area contributed by atoms with Crippen LogP contribution < -0.4 is 15.4 Å². The molecule has 0 saturated heterocycles. The summed E-state index contributed by atoms with van der Waals surface area (Å²) in [5.74, 6) is 0.0782. The zero-order valence-electron chi connectivity index (χ0n) is 20.6. The monoisotopic (exact) mass is 550 g/mol. The zero-order chi connectivity index (χ0) is 27.7. The number of fused-ring (bicyclic) bond motifs is 1. The number of amides is 2. The van der Waals surface area contributed by atoms with Gasteiger partial charge in [0.15, 0.2) is 5.13 Å². The highest BCUT2D eigenvalue weighted by atomic mass is 32.1. The third kappa shape index (κ3) is 6.02. The van der Waals surface area contributed by atoms with Crippen molar-refractivity contribution in [3.8, 4) is 17.6 Å². The van der Waals surface area contributed by atoms with Crippen LogP contribution in [0.1, 0.15) is 35.1 Å². The number of carbonyl (C=O) groups excluding carboxylic acids is 2. The van der Waals surface area contributed by atoms with Crippen LogP contribution in [0, 0.1) is 24.2 Å². The Morgan fingerprint density at radius 2 is 1.92 bits per heavy atom. The van der Waals surface area contributed by atoms with Gasteiger partial charge in [-0.1, -0.05) is 35.6 Å². The third-order valence-corrected chi connectivity index (χ3v) is 7.14. The molecular weight excluding hydrogens is 529 g/mol. The molecule has 3 aromatic carbocycles. The lowest BCUT2D eigenvalue weighted by Crippen LogP contribution is -2.16. The second-order valence-electron chi connectivity index (χ2n) is 9.18. The molecule has 0 aliphatic heterocycles. The number of benzene rings is 3. The van der Waals surface area contributed by atoms with E-state index in [1.54, 1.807) is 37.3 Å². The standard InChI is InChI=1S/C28H21F3N4O3S/c1-15-5-8-19(13-22(15)33-24(36)12-16-3-2-4-18(11-16)28(29,30)31)38-23-10-9-21-25(20(23)14-32)39-27(34-21)35-26(37)17-6-7-17/h2-5,8-11,13,17H,6-7,12H2,1H3,(H,33,36)(H,34,35,37). The summed E-state index contributed by atoms with van der Waals surface area (Å²) in [5, 5.41) is 15.8. The SMILES string of the molecule is Cc1ccc(Oc2ccc3nc(NC(=O)C4CC4)sc3c2C#N)cc1NC(=O)Cc1cccc(C(F)(F)F)c1. The van der Waals surface area contributed by atoms with Crippen LogP contribution in [0.2, 0.25) is 0 Å². The Hall–Kier alpha value is -4.43. The van der Waals surface area contributed by atoms with E-state index in [0.29, 0.717) is 32.3 Å². The predicted molar refractivity (Wildman–Crippen MR) is 141 cm³/mol. The number of alkyl halides is 3. The number of anilines is 2. The van der Waals surface area contributed by atoms with Gasteiger partial charge in [-0.2, -0.15) is 18.4 Å². The van der Waals surface area contributed by atoms with Crippen molar-refractivity contribution in [3.05, 3.63) is 76.9 Å². The number of nitrogens with one attached hydrogen (secondary N) is 2. The molecule has 0 atom stereocenters. The largest absolute Gasteiger partial charge is 0.456 e. The first kappa shape index (κ1) is 26.2. The van der Waals surface area contributed by atoms with Crippen molar-refractivity contribution < 1.29 is 27.5 Å². The zero-order valence-corrected chi connectivity index (χ0v) is 21.4. The smallest absolute Gasteiger partial charge is 0.416 e. The molecule has 2 amide bonds. The Balaban J connectivity index is 1.33. The molecule has 0 unspecified atom stereocenters.